The Kier molecular flexibility index (Phi) is 6.69. The van der Waals surface area contributed by atoms with Crippen LogP contribution >= 0.6 is 15.9 Å². The number of benzene rings is 1. The van der Waals surface area contributed by atoms with Crippen molar-refractivity contribution < 1.29 is 4.39 Å². The Bertz CT molecular complexity index is 449. The predicted molar refractivity (Wildman–Crippen MR) is 90.9 cm³/mol. The molecule has 0 aromatic heterocycles. The number of nitrogens with one attached hydrogen (secondary N) is 1. The highest BCUT2D eigenvalue weighted by Gasteiger charge is 2.32. The molecule has 1 fully saturated rings. The van der Waals surface area contributed by atoms with E-state index >= 15 is 0 Å². The van der Waals surface area contributed by atoms with E-state index < -0.39 is 0 Å². The van der Waals surface area contributed by atoms with Gasteiger partial charge in [-0.3, -0.25) is 0 Å². The summed E-state index contributed by atoms with van der Waals surface area (Å²) in [5.74, 6) is 1.22. The van der Waals surface area contributed by atoms with Crippen molar-refractivity contribution in [2.75, 3.05) is 6.54 Å². The van der Waals surface area contributed by atoms with Gasteiger partial charge in [0.25, 0.3) is 0 Å². The van der Waals surface area contributed by atoms with Gasteiger partial charge in [-0.25, -0.2) is 4.39 Å². The first kappa shape index (κ1) is 17.0. The molecule has 0 bridgehead atoms. The summed E-state index contributed by atoms with van der Waals surface area (Å²) in [7, 11) is 0. The molecule has 1 aromatic carbocycles. The summed E-state index contributed by atoms with van der Waals surface area (Å²) >= 11 is 3.47. The van der Waals surface area contributed by atoms with E-state index in [1.807, 2.05) is 6.07 Å². The van der Waals surface area contributed by atoms with Crippen LogP contribution in [0.5, 0.6) is 0 Å². The van der Waals surface area contributed by atoms with Gasteiger partial charge in [-0.1, -0.05) is 51.7 Å². The molecule has 1 aliphatic rings. The summed E-state index contributed by atoms with van der Waals surface area (Å²) in [6, 6.07) is 5.70. The van der Waals surface area contributed by atoms with E-state index in [4.69, 9.17) is 0 Å². The zero-order valence-electron chi connectivity index (χ0n) is 13.2. The number of halogens is 2. The number of hydrogen-bond acceptors (Lipinski definition) is 1. The van der Waals surface area contributed by atoms with Gasteiger partial charge >= 0.3 is 0 Å². The van der Waals surface area contributed by atoms with Crippen molar-refractivity contribution >= 4 is 15.9 Å². The van der Waals surface area contributed by atoms with Gasteiger partial charge in [0.15, 0.2) is 0 Å². The van der Waals surface area contributed by atoms with E-state index in [9.17, 15) is 4.39 Å². The summed E-state index contributed by atoms with van der Waals surface area (Å²) in [4.78, 5) is 0. The van der Waals surface area contributed by atoms with Crippen LogP contribution in [0.1, 0.15) is 64.0 Å². The molecule has 0 heterocycles. The monoisotopic (exact) mass is 355 g/mol. The molecule has 1 saturated carbocycles. The second kappa shape index (κ2) is 8.28. The third-order valence-electron chi connectivity index (χ3n) is 4.85. The Balaban J connectivity index is 2.30. The second-order valence-corrected chi connectivity index (χ2v) is 6.98. The van der Waals surface area contributed by atoms with Crippen LogP contribution in [0.25, 0.3) is 0 Å². The SMILES string of the molecule is CCCNC(c1cccc(F)c1Br)C1CCCCC1CC. The zero-order chi connectivity index (χ0) is 15.2. The molecule has 0 saturated heterocycles. The lowest BCUT2D eigenvalue weighted by molar-refractivity contribution is 0.175. The number of rotatable bonds is 6. The maximum atomic E-state index is 13.9. The van der Waals surface area contributed by atoms with Crippen molar-refractivity contribution in [2.24, 2.45) is 11.8 Å². The molecule has 1 nitrogen and oxygen atoms in total. The molecule has 3 atom stereocenters. The Hall–Kier alpha value is -0.410. The zero-order valence-corrected chi connectivity index (χ0v) is 14.8. The highest BCUT2D eigenvalue weighted by molar-refractivity contribution is 9.10. The normalized spacial score (nSPS) is 24.0. The minimum absolute atomic E-state index is 0.153. The summed E-state index contributed by atoms with van der Waals surface area (Å²) in [5, 5.41) is 3.69. The third kappa shape index (κ3) is 4.07. The van der Waals surface area contributed by atoms with Crippen LogP contribution in [0.15, 0.2) is 22.7 Å². The highest BCUT2D eigenvalue weighted by atomic mass is 79.9. The van der Waals surface area contributed by atoms with Crippen molar-refractivity contribution in [3.8, 4) is 0 Å². The smallest absolute Gasteiger partial charge is 0.137 e. The van der Waals surface area contributed by atoms with E-state index in [0.29, 0.717) is 10.4 Å². The van der Waals surface area contributed by atoms with Crippen LogP contribution in [0.2, 0.25) is 0 Å². The van der Waals surface area contributed by atoms with Crippen molar-refractivity contribution in [1.82, 2.24) is 5.32 Å². The lowest BCUT2D eigenvalue weighted by Crippen LogP contribution is -2.35. The molecule has 0 radical (unpaired) electrons. The van der Waals surface area contributed by atoms with Crippen LogP contribution in [0.4, 0.5) is 4.39 Å². The van der Waals surface area contributed by atoms with Crippen molar-refractivity contribution in [3.63, 3.8) is 0 Å². The average Bonchev–Trinajstić information content (AvgIpc) is 2.52. The van der Waals surface area contributed by atoms with E-state index in [0.717, 1.165) is 24.4 Å². The van der Waals surface area contributed by atoms with Gasteiger partial charge < -0.3 is 5.32 Å². The molecule has 0 spiro atoms. The Labute approximate surface area is 136 Å². The third-order valence-corrected chi connectivity index (χ3v) is 5.69. The standard InChI is InChI=1S/C18H27BrFN/c1-3-12-21-18(14-9-6-5-8-13(14)4-2)15-10-7-11-16(20)17(15)19/h7,10-11,13-14,18,21H,3-6,8-9,12H2,1-2H3. The van der Waals surface area contributed by atoms with Gasteiger partial charge in [0, 0.05) is 6.04 Å². The first-order valence-corrected chi connectivity index (χ1v) is 9.15. The van der Waals surface area contributed by atoms with E-state index in [-0.39, 0.29) is 11.9 Å². The molecule has 3 unspecified atom stereocenters. The molecule has 2 rings (SSSR count). The van der Waals surface area contributed by atoms with Gasteiger partial charge in [0.2, 0.25) is 0 Å². The largest absolute Gasteiger partial charge is 0.310 e. The summed E-state index contributed by atoms with van der Waals surface area (Å²) < 4.78 is 14.6. The Morgan fingerprint density at radius 3 is 2.76 bits per heavy atom. The molecule has 118 valence electrons. The maximum Gasteiger partial charge on any atom is 0.137 e. The van der Waals surface area contributed by atoms with E-state index in [1.54, 1.807) is 0 Å². The fraction of sp³-hybridized carbons (Fsp3) is 0.667. The molecule has 3 heteroatoms. The fourth-order valence-electron chi connectivity index (χ4n) is 3.73. The highest BCUT2D eigenvalue weighted by Crippen LogP contribution is 2.42. The van der Waals surface area contributed by atoms with Crippen LogP contribution in [-0.4, -0.2) is 6.54 Å². The maximum absolute atomic E-state index is 13.9. The predicted octanol–water partition coefficient (Wildman–Crippen LogP) is 5.85. The minimum Gasteiger partial charge on any atom is -0.310 e. The lowest BCUT2D eigenvalue weighted by atomic mass is 9.72. The van der Waals surface area contributed by atoms with Gasteiger partial charge in [0.05, 0.1) is 4.47 Å². The summed E-state index contributed by atoms with van der Waals surface area (Å²) in [6.07, 6.45) is 7.55. The second-order valence-electron chi connectivity index (χ2n) is 6.19. The summed E-state index contributed by atoms with van der Waals surface area (Å²) in [5.41, 5.74) is 1.09. The molecular formula is C18H27BrFN. The average molecular weight is 356 g/mol. The van der Waals surface area contributed by atoms with Crippen LogP contribution in [0, 0.1) is 17.7 Å². The minimum atomic E-state index is -0.153. The Morgan fingerprint density at radius 2 is 2.05 bits per heavy atom. The van der Waals surface area contributed by atoms with Crippen molar-refractivity contribution in [1.29, 1.82) is 0 Å². The fourth-order valence-corrected chi connectivity index (χ4v) is 4.25. The lowest BCUT2D eigenvalue weighted by Gasteiger charge is -2.38. The number of hydrogen-bond donors (Lipinski definition) is 1. The van der Waals surface area contributed by atoms with Crippen LogP contribution in [0.3, 0.4) is 0 Å². The van der Waals surface area contributed by atoms with Gasteiger partial charge in [-0.05, 0) is 58.8 Å². The summed E-state index contributed by atoms with van der Waals surface area (Å²) in [6.45, 7) is 5.46. The van der Waals surface area contributed by atoms with Gasteiger partial charge in [0.1, 0.15) is 5.82 Å². The molecule has 1 aliphatic carbocycles. The first-order chi connectivity index (χ1) is 10.2. The molecular weight excluding hydrogens is 329 g/mol. The van der Waals surface area contributed by atoms with Gasteiger partial charge in [-0.15, -0.1) is 0 Å². The quantitative estimate of drug-likeness (QED) is 0.675. The van der Waals surface area contributed by atoms with Crippen LogP contribution < -0.4 is 5.32 Å². The van der Waals surface area contributed by atoms with Crippen molar-refractivity contribution in [2.45, 2.75) is 58.4 Å². The van der Waals surface area contributed by atoms with Crippen molar-refractivity contribution in [3.05, 3.63) is 34.1 Å². The molecule has 21 heavy (non-hydrogen) atoms. The first-order valence-electron chi connectivity index (χ1n) is 8.36. The molecule has 0 aliphatic heterocycles. The van der Waals surface area contributed by atoms with E-state index in [2.05, 4.69) is 41.2 Å². The van der Waals surface area contributed by atoms with Crippen LogP contribution in [-0.2, 0) is 0 Å². The Morgan fingerprint density at radius 1 is 1.29 bits per heavy atom. The topological polar surface area (TPSA) is 12.0 Å². The molecule has 1 aromatic rings. The molecule has 0 amide bonds. The molecule has 1 N–H and O–H groups in total. The van der Waals surface area contributed by atoms with E-state index in [1.165, 1.54) is 38.2 Å². The van der Waals surface area contributed by atoms with Gasteiger partial charge in [-0.2, -0.15) is 0 Å².